The average Bonchev–Trinajstić information content (AvgIpc) is 2.33. The normalized spacial score (nSPS) is 10.2. The van der Waals surface area contributed by atoms with Gasteiger partial charge in [0.2, 0.25) is 0 Å². The molecular formula is C13H10FNO2. The Labute approximate surface area is 97.6 Å². The lowest BCUT2D eigenvalue weighted by atomic mass is 10.0. The summed E-state index contributed by atoms with van der Waals surface area (Å²) in [6, 6.07) is 8.19. The van der Waals surface area contributed by atoms with E-state index in [0.29, 0.717) is 16.8 Å². The van der Waals surface area contributed by atoms with E-state index in [1.165, 1.54) is 13.0 Å². The molecule has 2 aromatic rings. The summed E-state index contributed by atoms with van der Waals surface area (Å²) in [6.45, 7) is 1.54. The SMILES string of the molecule is Cc1cc(-c2ccccn2)cc(C(=O)O)c1F. The largest absolute Gasteiger partial charge is 0.478 e. The third kappa shape index (κ3) is 2.15. The van der Waals surface area contributed by atoms with E-state index >= 15 is 0 Å². The second kappa shape index (κ2) is 4.33. The summed E-state index contributed by atoms with van der Waals surface area (Å²) in [5.74, 6) is -1.97. The zero-order chi connectivity index (χ0) is 12.4. The Hall–Kier alpha value is -2.23. The van der Waals surface area contributed by atoms with Crippen LogP contribution in [0.4, 0.5) is 4.39 Å². The summed E-state index contributed by atoms with van der Waals surface area (Å²) in [5, 5.41) is 8.90. The van der Waals surface area contributed by atoms with Gasteiger partial charge < -0.3 is 5.11 Å². The number of hydrogen-bond acceptors (Lipinski definition) is 2. The van der Waals surface area contributed by atoms with Gasteiger partial charge in [-0.05, 0) is 36.8 Å². The van der Waals surface area contributed by atoms with Gasteiger partial charge in [-0.2, -0.15) is 0 Å². The molecule has 1 N–H and O–H groups in total. The number of carboxylic acid groups (broad SMARTS) is 1. The van der Waals surface area contributed by atoms with Gasteiger partial charge in [0, 0.05) is 11.8 Å². The molecule has 0 unspecified atom stereocenters. The molecular weight excluding hydrogens is 221 g/mol. The van der Waals surface area contributed by atoms with Gasteiger partial charge in [0.05, 0.1) is 11.3 Å². The fourth-order valence-electron chi connectivity index (χ4n) is 1.61. The highest BCUT2D eigenvalue weighted by atomic mass is 19.1. The summed E-state index contributed by atoms with van der Waals surface area (Å²) in [4.78, 5) is 15.0. The first-order valence-electron chi connectivity index (χ1n) is 5.04. The first kappa shape index (κ1) is 11.3. The fraction of sp³-hybridized carbons (Fsp3) is 0.0769. The molecule has 0 bridgehead atoms. The number of rotatable bonds is 2. The molecule has 0 atom stereocenters. The summed E-state index contributed by atoms with van der Waals surface area (Å²) >= 11 is 0. The van der Waals surface area contributed by atoms with Gasteiger partial charge in [0.15, 0.2) is 0 Å². The van der Waals surface area contributed by atoms with Gasteiger partial charge >= 0.3 is 5.97 Å². The molecule has 0 saturated carbocycles. The van der Waals surface area contributed by atoms with Crippen molar-refractivity contribution in [1.29, 1.82) is 0 Å². The van der Waals surface area contributed by atoms with Crippen molar-refractivity contribution in [3.05, 3.63) is 53.5 Å². The minimum Gasteiger partial charge on any atom is -0.478 e. The molecule has 0 aliphatic rings. The van der Waals surface area contributed by atoms with E-state index in [9.17, 15) is 9.18 Å². The Kier molecular flexibility index (Phi) is 2.87. The zero-order valence-corrected chi connectivity index (χ0v) is 9.14. The second-order valence-corrected chi connectivity index (χ2v) is 3.67. The van der Waals surface area contributed by atoms with Crippen LogP contribution in [-0.4, -0.2) is 16.1 Å². The summed E-state index contributed by atoms with van der Waals surface area (Å²) in [5.41, 5.74) is 1.19. The molecule has 3 nitrogen and oxygen atoms in total. The number of hydrogen-bond donors (Lipinski definition) is 1. The van der Waals surface area contributed by atoms with Crippen LogP contribution in [0.25, 0.3) is 11.3 Å². The monoisotopic (exact) mass is 231 g/mol. The number of carboxylic acids is 1. The Morgan fingerprint density at radius 3 is 2.71 bits per heavy atom. The average molecular weight is 231 g/mol. The van der Waals surface area contributed by atoms with Crippen molar-refractivity contribution >= 4 is 5.97 Å². The Bertz CT molecular complexity index is 567. The van der Waals surface area contributed by atoms with Crippen LogP contribution in [0.15, 0.2) is 36.5 Å². The lowest BCUT2D eigenvalue weighted by molar-refractivity contribution is 0.0691. The van der Waals surface area contributed by atoms with Crippen LogP contribution >= 0.6 is 0 Å². The molecule has 86 valence electrons. The van der Waals surface area contributed by atoms with E-state index in [1.807, 2.05) is 0 Å². The molecule has 0 radical (unpaired) electrons. The molecule has 17 heavy (non-hydrogen) atoms. The molecule has 4 heteroatoms. The van der Waals surface area contributed by atoms with E-state index in [4.69, 9.17) is 5.11 Å². The van der Waals surface area contributed by atoms with Crippen molar-refractivity contribution in [3.8, 4) is 11.3 Å². The first-order valence-corrected chi connectivity index (χ1v) is 5.04. The summed E-state index contributed by atoms with van der Waals surface area (Å²) in [7, 11) is 0. The number of pyridine rings is 1. The van der Waals surface area contributed by atoms with Crippen molar-refractivity contribution in [2.75, 3.05) is 0 Å². The zero-order valence-electron chi connectivity index (χ0n) is 9.14. The number of aromatic nitrogens is 1. The standard InChI is InChI=1S/C13H10FNO2/c1-8-6-9(11-4-2-3-5-15-11)7-10(12(8)14)13(16)17/h2-7H,1H3,(H,16,17). The molecule has 0 amide bonds. The minimum atomic E-state index is -1.27. The predicted octanol–water partition coefficient (Wildman–Crippen LogP) is 2.89. The van der Waals surface area contributed by atoms with Crippen LogP contribution < -0.4 is 0 Å². The van der Waals surface area contributed by atoms with Crippen molar-refractivity contribution in [3.63, 3.8) is 0 Å². The van der Waals surface area contributed by atoms with Gasteiger partial charge in [-0.1, -0.05) is 6.07 Å². The highest BCUT2D eigenvalue weighted by Crippen LogP contribution is 2.23. The molecule has 2 rings (SSSR count). The third-order valence-electron chi connectivity index (χ3n) is 2.45. The van der Waals surface area contributed by atoms with Gasteiger partial charge in [0.25, 0.3) is 0 Å². The number of nitrogens with zero attached hydrogens (tertiary/aromatic N) is 1. The predicted molar refractivity (Wildman–Crippen MR) is 61.3 cm³/mol. The Morgan fingerprint density at radius 2 is 2.12 bits per heavy atom. The summed E-state index contributed by atoms with van der Waals surface area (Å²) in [6.07, 6.45) is 1.61. The molecule has 0 fully saturated rings. The first-order chi connectivity index (χ1) is 8.09. The third-order valence-corrected chi connectivity index (χ3v) is 2.45. The van der Waals surface area contributed by atoms with E-state index in [1.54, 1.807) is 30.5 Å². The highest BCUT2D eigenvalue weighted by Gasteiger charge is 2.14. The van der Waals surface area contributed by atoms with Crippen molar-refractivity contribution < 1.29 is 14.3 Å². The lowest BCUT2D eigenvalue weighted by Gasteiger charge is -2.06. The van der Waals surface area contributed by atoms with E-state index in [0.717, 1.165) is 0 Å². The van der Waals surface area contributed by atoms with Gasteiger partial charge in [0.1, 0.15) is 5.82 Å². The molecule has 0 spiro atoms. The lowest BCUT2D eigenvalue weighted by Crippen LogP contribution is -2.03. The van der Waals surface area contributed by atoms with Gasteiger partial charge in [-0.25, -0.2) is 9.18 Å². The van der Waals surface area contributed by atoms with Crippen molar-refractivity contribution in [2.45, 2.75) is 6.92 Å². The van der Waals surface area contributed by atoms with Crippen molar-refractivity contribution in [1.82, 2.24) is 4.98 Å². The number of aryl methyl sites for hydroxylation is 1. The minimum absolute atomic E-state index is 0.297. The van der Waals surface area contributed by atoms with Crippen LogP contribution in [0.2, 0.25) is 0 Å². The van der Waals surface area contributed by atoms with Crippen LogP contribution in [0, 0.1) is 12.7 Å². The molecule has 0 aliphatic carbocycles. The van der Waals surface area contributed by atoms with Crippen molar-refractivity contribution in [2.24, 2.45) is 0 Å². The summed E-state index contributed by atoms with van der Waals surface area (Å²) < 4.78 is 13.5. The second-order valence-electron chi connectivity index (χ2n) is 3.67. The maximum absolute atomic E-state index is 13.5. The highest BCUT2D eigenvalue weighted by molar-refractivity contribution is 5.90. The maximum Gasteiger partial charge on any atom is 0.338 e. The topological polar surface area (TPSA) is 50.2 Å². The van der Waals surface area contributed by atoms with Gasteiger partial charge in [-0.3, -0.25) is 4.98 Å². The number of aromatic carboxylic acids is 1. The van der Waals surface area contributed by atoms with Crippen LogP contribution in [0.5, 0.6) is 0 Å². The van der Waals surface area contributed by atoms with E-state index in [-0.39, 0.29) is 5.56 Å². The quantitative estimate of drug-likeness (QED) is 0.864. The van der Waals surface area contributed by atoms with Crippen LogP contribution in [-0.2, 0) is 0 Å². The number of benzene rings is 1. The Morgan fingerprint density at radius 1 is 1.35 bits per heavy atom. The molecule has 1 heterocycles. The molecule has 1 aromatic carbocycles. The maximum atomic E-state index is 13.5. The van der Waals surface area contributed by atoms with Gasteiger partial charge in [-0.15, -0.1) is 0 Å². The fourth-order valence-corrected chi connectivity index (χ4v) is 1.61. The number of halogens is 1. The van der Waals surface area contributed by atoms with Crippen LogP contribution in [0.3, 0.4) is 0 Å². The smallest absolute Gasteiger partial charge is 0.338 e. The van der Waals surface area contributed by atoms with E-state index in [2.05, 4.69) is 4.98 Å². The molecule has 1 aromatic heterocycles. The number of carbonyl (C=O) groups is 1. The molecule has 0 aliphatic heterocycles. The van der Waals surface area contributed by atoms with Crippen LogP contribution in [0.1, 0.15) is 15.9 Å². The van der Waals surface area contributed by atoms with E-state index < -0.39 is 11.8 Å². The molecule has 0 saturated heterocycles. The Balaban J connectivity index is 2.61.